The SMILES string of the molecule is CC(C)(C1CC1)C(C)(C)C1CC1. The van der Waals surface area contributed by atoms with E-state index in [9.17, 15) is 0 Å². The van der Waals surface area contributed by atoms with Crippen LogP contribution in [0.4, 0.5) is 0 Å². The molecule has 0 spiro atoms. The molecular formula is C12H22. The van der Waals surface area contributed by atoms with Gasteiger partial charge in [-0.1, -0.05) is 27.7 Å². The van der Waals surface area contributed by atoms with Crippen molar-refractivity contribution in [2.24, 2.45) is 22.7 Å². The van der Waals surface area contributed by atoms with Crippen molar-refractivity contribution < 1.29 is 0 Å². The highest BCUT2D eigenvalue weighted by atomic mass is 14.6. The lowest BCUT2D eigenvalue weighted by atomic mass is 9.62. The molecule has 0 bridgehead atoms. The van der Waals surface area contributed by atoms with Crippen molar-refractivity contribution in [2.75, 3.05) is 0 Å². The highest BCUT2D eigenvalue weighted by Gasteiger charge is 2.53. The van der Waals surface area contributed by atoms with E-state index in [1.165, 1.54) is 25.7 Å². The summed E-state index contributed by atoms with van der Waals surface area (Å²) < 4.78 is 0. The van der Waals surface area contributed by atoms with Crippen LogP contribution in [0.1, 0.15) is 53.4 Å². The van der Waals surface area contributed by atoms with Crippen molar-refractivity contribution in [1.82, 2.24) is 0 Å². The summed E-state index contributed by atoms with van der Waals surface area (Å²) in [6.07, 6.45) is 5.96. The monoisotopic (exact) mass is 166 g/mol. The number of rotatable bonds is 3. The van der Waals surface area contributed by atoms with Gasteiger partial charge in [0.2, 0.25) is 0 Å². The van der Waals surface area contributed by atoms with E-state index in [2.05, 4.69) is 27.7 Å². The second-order valence-corrected chi connectivity index (χ2v) is 5.99. The van der Waals surface area contributed by atoms with Gasteiger partial charge in [0, 0.05) is 0 Å². The van der Waals surface area contributed by atoms with Gasteiger partial charge in [0.25, 0.3) is 0 Å². The predicted octanol–water partition coefficient (Wildman–Crippen LogP) is 3.86. The molecular weight excluding hydrogens is 144 g/mol. The van der Waals surface area contributed by atoms with Gasteiger partial charge in [-0.05, 0) is 48.3 Å². The Morgan fingerprint density at radius 1 is 0.667 bits per heavy atom. The topological polar surface area (TPSA) is 0 Å². The predicted molar refractivity (Wildman–Crippen MR) is 53.0 cm³/mol. The van der Waals surface area contributed by atoms with Gasteiger partial charge in [0.1, 0.15) is 0 Å². The second kappa shape index (κ2) is 2.27. The summed E-state index contributed by atoms with van der Waals surface area (Å²) in [6, 6.07) is 0. The molecule has 2 rings (SSSR count). The third-order valence-corrected chi connectivity index (χ3v) is 4.86. The second-order valence-electron chi connectivity index (χ2n) is 5.99. The molecule has 0 aromatic rings. The Labute approximate surface area is 76.7 Å². The number of hydrogen-bond acceptors (Lipinski definition) is 0. The minimum atomic E-state index is 0.591. The molecule has 0 unspecified atom stereocenters. The van der Waals surface area contributed by atoms with Crippen molar-refractivity contribution in [1.29, 1.82) is 0 Å². The van der Waals surface area contributed by atoms with Gasteiger partial charge < -0.3 is 0 Å². The summed E-state index contributed by atoms with van der Waals surface area (Å²) >= 11 is 0. The summed E-state index contributed by atoms with van der Waals surface area (Å²) in [5.41, 5.74) is 1.18. The molecule has 0 atom stereocenters. The summed E-state index contributed by atoms with van der Waals surface area (Å²) in [5.74, 6) is 2.07. The fraction of sp³-hybridized carbons (Fsp3) is 1.00. The minimum absolute atomic E-state index is 0.591. The lowest BCUT2D eigenvalue weighted by molar-refractivity contribution is 0.0592. The normalized spacial score (nSPS) is 26.0. The van der Waals surface area contributed by atoms with E-state index in [0.717, 1.165) is 11.8 Å². The Balaban J connectivity index is 2.13. The van der Waals surface area contributed by atoms with E-state index in [1.807, 2.05) is 0 Å². The fourth-order valence-corrected chi connectivity index (χ4v) is 2.66. The maximum Gasteiger partial charge on any atom is -0.0272 e. The van der Waals surface area contributed by atoms with E-state index in [-0.39, 0.29) is 0 Å². The molecule has 2 aliphatic carbocycles. The van der Waals surface area contributed by atoms with Gasteiger partial charge in [0.05, 0.1) is 0 Å². The molecule has 0 amide bonds. The zero-order valence-corrected chi connectivity index (χ0v) is 8.98. The van der Waals surface area contributed by atoms with Gasteiger partial charge in [-0.25, -0.2) is 0 Å². The molecule has 12 heavy (non-hydrogen) atoms. The van der Waals surface area contributed by atoms with Crippen LogP contribution < -0.4 is 0 Å². The van der Waals surface area contributed by atoms with Crippen molar-refractivity contribution in [3.63, 3.8) is 0 Å². The van der Waals surface area contributed by atoms with Gasteiger partial charge in [-0.15, -0.1) is 0 Å². The molecule has 0 saturated heterocycles. The van der Waals surface area contributed by atoms with E-state index >= 15 is 0 Å². The largest absolute Gasteiger partial charge is 0.0591 e. The third kappa shape index (κ3) is 1.11. The molecule has 0 heterocycles. The Morgan fingerprint density at radius 3 is 1.08 bits per heavy atom. The maximum absolute atomic E-state index is 2.49. The van der Waals surface area contributed by atoms with Crippen LogP contribution in [0.15, 0.2) is 0 Å². The summed E-state index contributed by atoms with van der Waals surface area (Å²) in [7, 11) is 0. The van der Waals surface area contributed by atoms with Crippen molar-refractivity contribution in [3.05, 3.63) is 0 Å². The quantitative estimate of drug-likeness (QED) is 0.597. The van der Waals surface area contributed by atoms with Crippen LogP contribution in [-0.4, -0.2) is 0 Å². The Bertz CT molecular complexity index is 158. The maximum atomic E-state index is 2.49. The van der Waals surface area contributed by atoms with E-state index < -0.39 is 0 Å². The van der Waals surface area contributed by atoms with Crippen LogP contribution in [0.2, 0.25) is 0 Å². The first kappa shape index (κ1) is 8.59. The molecule has 0 radical (unpaired) electrons. The van der Waals surface area contributed by atoms with E-state index in [4.69, 9.17) is 0 Å². The van der Waals surface area contributed by atoms with Crippen LogP contribution in [0, 0.1) is 22.7 Å². The number of hydrogen-bond donors (Lipinski definition) is 0. The standard InChI is InChI=1S/C12H22/c1-11(2,9-5-6-9)12(3,4)10-7-8-10/h9-10H,5-8H2,1-4H3. The van der Waals surface area contributed by atoms with Gasteiger partial charge in [0.15, 0.2) is 0 Å². The average molecular weight is 166 g/mol. The highest BCUT2D eigenvalue weighted by Crippen LogP contribution is 2.62. The smallest absolute Gasteiger partial charge is 0.0272 e. The summed E-state index contributed by atoms with van der Waals surface area (Å²) in [5, 5.41) is 0. The van der Waals surface area contributed by atoms with E-state index in [0.29, 0.717) is 10.8 Å². The molecule has 2 saturated carbocycles. The molecule has 0 aromatic carbocycles. The first-order valence-electron chi connectivity index (χ1n) is 5.46. The van der Waals surface area contributed by atoms with Crippen LogP contribution in [0.25, 0.3) is 0 Å². The van der Waals surface area contributed by atoms with Crippen LogP contribution in [-0.2, 0) is 0 Å². The Morgan fingerprint density at radius 2 is 0.917 bits per heavy atom. The third-order valence-electron chi connectivity index (χ3n) is 4.86. The average Bonchev–Trinajstić information content (AvgIpc) is 2.82. The minimum Gasteiger partial charge on any atom is -0.0591 e. The van der Waals surface area contributed by atoms with E-state index in [1.54, 1.807) is 0 Å². The first-order valence-corrected chi connectivity index (χ1v) is 5.46. The van der Waals surface area contributed by atoms with Crippen molar-refractivity contribution >= 4 is 0 Å². The highest BCUT2D eigenvalue weighted by molar-refractivity contribution is 5.03. The molecule has 2 fully saturated rings. The van der Waals surface area contributed by atoms with Gasteiger partial charge >= 0.3 is 0 Å². The molecule has 0 nitrogen and oxygen atoms in total. The fourth-order valence-electron chi connectivity index (χ4n) is 2.66. The van der Waals surface area contributed by atoms with Gasteiger partial charge in [-0.3, -0.25) is 0 Å². The first-order chi connectivity index (χ1) is 5.46. The lowest BCUT2D eigenvalue weighted by Gasteiger charge is -2.43. The Hall–Kier alpha value is 0. The summed E-state index contributed by atoms with van der Waals surface area (Å²) in [4.78, 5) is 0. The van der Waals surface area contributed by atoms with Crippen LogP contribution in [0.5, 0.6) is 0 Å². The molecule has 0 heteroatoms. The zero-order chi connectivity index (χ0) is 8.98. The molecule has 2 aliphatic rings. The van der Waals surface area contributed by atoms with Crippen molar-refractivity contribution in [3.8, 4) is 0 Å². The lowest BCUT2D eigenvalue weighted by Crippen LogP contribution is -2.36. The van der Waals surface area contributed by atoms with Crippen LogP contribution >= 0.6 is 0 Å². The van der Waals surface area contributed by atoms with Gasteiger partial charge in [-0.2, -0.15) is 0 Å². The Kier molecular flexibility index (Phi) is 1.63. The molecule has 0 aliphatic heterocycles. The molecule has 0 aromatic heterocycles. The van der Waals surface area contributed by atoms with Crippen molar-refractivity contribution in [2.45, 2.75) is 53.4 Å². The summed E-state index contributed by atoms with van der Waals surface area (Å²) in [6.45, 7) is 9.96. The molecule has 0 N–H and O–H groups in total. The van der Waals surface area contributed by atoms with Crippen LogP contribution in [0.3, 0.4) is 0 Å². The zero-order valence-electron chi connectivity index (χ0n) is 8.98. The molecule has 70 valence electrons.